The predicted octanol–water partition coefficient (Wildman–Crippen LogP) is 0.857. The monoisotopic (exact) mass is 964 g/mol. The summed E-state index contributed by atoms with van der Waals surface area (Å²) in [5.74, 6) is -8.31. The Kier molecular flexibility index (Phi) is 22.8. The van der Waals surface area contributed by atoms with Crippen LogP contribution in [-0.2, 0) is 100.0 Å². The Morgan fingerprint density at radius 1 is 0.636 bits per heavy atom. The second-order valence-electron chi connectivity index (χ2n) is 15.5. The molecule has 66 heavy (non-hydrogen) atoms. The number of nitrogens with one attached hydrogen (secondary N) is 2. The minimum atomic E-state index is -1.92. The van der Waals surface area contributed by atoms with Gasteiger partial charge < -0.3 is 67.5 Å². The molecule has 2 aliphatic heterocycles. The largest absolute Gasteiger partial charge is 0.464 e. The molecule has 24 nitrogen and oxygen atoms in total. The zero-order valence-electron chi connectivity index (χ0n) is 38.6. The minimum absolute atomic E-state index is 0.0282. The summed E-state index contributed by atoms with van der Waals surface area (Å²) in [6, 6.07) is -1.29. The van der Waals surface area contributed by atoms with Gasteiger partial charge in [-0.1, -0.05) is 6.08 Å². The first kappa shape index (κ1) is 56.6. The van der Waals surface area contributed by atoms with Crippen LogP contribution in [0.5, 0.6) is 0 Å². The summed E-state index contributed by atoms with van der Waals surface area (Å²) in [7, 11) is 0. The fourth-order valence-corrected chi connectivity index (χ4v) is 7.47. The summed E-state index contributed by atoms with van der Waals surface area (Å²) in [4.78, 5) is 127. The van der Waals surface area contributed by atoms with Crippen LogP contribution in [0, 0.1) is 0 Å². The van der Waals surface area contributed by atoms with Gasteiger partial charge in [0, 0.05) is 54.2 Å². The topological polar surface area (TPSA) is 306 Å². The van der Waals surface area contributed by atoms with Crippen molar-refractivity contribution in [1.29, 1.82) is 0 Å². The van der Waals surface area contributed by atoms with E-state index in [0.29, 0.717) is 0 Å². The molecule has 2 saturated heterocycles. The van der Waals surface area contributed by atoms with Crippen LogP contribution in [0.1, 0.15) is 82.6 Å². The number of amides is 2. The van der Waals surface area contributed by atoms with Gasteiger partial charge in [-0.3, -0.25) is 38.4 Å². The van der Waals surface area contributed by atoms with Crippen molar-refractivity contribution in [2.75, 3.05) is 25.6 Å². The van der Waals surface area contributed by atoms with Gasteiger partial charge >= 0.3 is 53.8 Å². The Morgan fingerprint density at radius 2 is 1.11 bits per heavy atom. The third kappa shape index (κ3) is 19.1. The van der Waals surface area contributed by atoms with E-state index < -0.39 is 151 Å². The van der Waals surface area contributed by atoms with Gasteiger partial charge in [0.15, 0.2) is 43.0 Å². The molecule has 2 fully saturated rings. The number of alkyl carbamates (subject to hydrolysis) is 1. The number of rotatable bonds is 21. The summed E-state index contributed by atoms with van der Waals surface area (Å²) in [6.07, 6.45) is -16.7. The lowest BCUT2D eigenvalue weighted by Gasteiger charge is -2.49. The zero-order valence-corrected chi connectivity index (χ0v) is 39.5. The molecule has 0 aromatic heterocycles. The van der Waals surface area contributed by atoms with Crippen LogP contribution in [0.2, 0.25) is 0 Å². The van der Waals surface area contributed by atoms with Gasteiger partial charge in [-0.05, 0) is 34.1 Å². The highest BCUT2D eigenvalue weighted by Crippen LogP contribution is 2.35. The number of carbonyl (C=O) groups excluding carboxylic acids is 10. The van der Waals surface area contributed by atoms with E-state index in [1.165, 1.54) is 6.08 Å². The third-order valence-electron chi connectivity index (χ3n) is 8.61. The molecular formula is C41H60N2O22S. The van der Waals surface area contributed by atoms with Crippen LogP contribution in [0.3, 0.4) is 0 Å². The van der Waals surface area contributed by atoms with Crippen molar-refractivity contribution >= 4 is 71.5 Å². The van der Waals surface area contributed by atoms with Gasteiger partial charge in [-0.15, -0.1) is 18.3 Å². The second-order valence-corrected chi connectivity index (χ2v) is 16.8. The maximum atomic E-state index is 14.1. The smallest absolute Gasteiger partial charge is 0.408 e. The van der Waals surface area contributed by atoms with Crippen LogP contribution in [0.15, 0.2) is 12.7 Å². The molecule has 2 aliphatic rings. The van der Waals surface area contributed by atoms with E-state index >= 15 is 0 Å². The van der Waals surface area contributed by atoms with Gasteiger partial charge in [-0.25, -0.2) is 9.59 Å². The molecule has 0 aromatic carbocycles. The van der Waals surface area contributed by atoms with Crippen LogP contribution < -0.4 is 10.6 Å². The molecule has 2 N–H and O–H groups in total. The van der Waals surface area contributed by atoms with Gasteiger partial charge in [0.05, 0.1) is 11.9 Å². The average Bonchev–Trinajstić information content (AvgIpc) is 3.17. The Balaban J connectivity index is 2.71. The summed E-state index contributed by atoms with van der Waals surface area (Å²) in [5.41, 5.74) is -0.913. The first-order chi connectivity index (χ1) is 30.8. The van der Waals surface area contributed by atoms with Crippen molar-refractivity contribution in [2.45, 2.75) is 161 Å². The highest BCUT2D eigenvalue weighted by molar-refractivity contribution is 8.00. The van der Waals surface area contributed by atoms with E-state index in [9.17, 15) is 47.9 Å². The molecule has 2 rings (SSSR count). The standard InChI is InChI=1S/C41H60N2O22S/c1-13-15-29(66-18-26(38(52)54-14-2)42-40(53)65-41(10,11)12)36(51)43-37-34(60-24(8)49)32(58-22(6)47)31(27(62-37)16-55-19(3)44)64-39-35(61-25(9)50)33(59-23(7)48)30(57-21(5)46)28(63-39)17-56-20(4)45/h13,26-35,37,39H,1,14-18H2,2-12H3,(H,42,53)(H,43,51)/t26?,27?,28?,29?,30-,31-,32+,33+,34?,35?,37-,39+/m1/s1. The molecule has 0 aliphatic carbocycles. The second kappa shape index (κ2) is 26.6. The molecule has 0 aromatic rings. The Morgan fingerprint density at radius 3 is 1.58 bits per heavy atom. The van der Waals surface area contributed by atoms with Crippen molar-refractivity contribution in [3.05, 3.63) is 12.7 Å². The normalized spacial score (nSPS) is 25.7. The fourth-order valence-electron chi connectivity index (χ4n) is 6.34. The maximum absolute atomic E-state index is 14.1. The molecule has 2 heterocycles. The number of hydrogen-bond donors (Lipinski definition) is 2. The van der Waals surface area contributed by atoms with E-state index in [2.05, 4.69) is 17.2 Å². The van der Waals surface area contributed by atoms with Gasteiger partial charge in [0.1, 0.15) is 43.2 Å². The van der Waals surface area contributed by atoms with Crippen LogP contribution in [0.4, 0.5) is 4.79 Å². The lowest BCUT2D eigenvalue weighted by Crippen LogP contribution is -2.69. The van der Waals surface area contributed by atoms with Gasteiger partial charge in [0.25, 0.3) is 0 Å². The summed E-state index contributed by atoms with van der Waals surface area (Å²) >= 11 is 0.896. The number of esters is 8. The number of thioether (sulfide) groups is 1. The van der Waals surface area contributed by atoms with Crippen LogP contribution in [0.25, 0.3) is 0 Å². The molecular weight excluding hydrogens is 905 g/mol. The quantitative estimate of drug-likeness (QED) is 0.0915. The first-order valence-corrected chi connectivity index (χ1v) is 21.6. The van der Waals surface area contributed by atoms with Crippen molar-refractivity contribution in [3.63, 3.8) is 0 Å². The van der Waals surface area contributed by atoms with Crippen LogP contribution in [-0.4, -0.2) is 164 Å². The lowest BCUT2D eigenvalue weighted by molar-refractivity contribution is -0.345. The molecule has 6 unspecified atom stereocenters. The maximum Gasteiger partial charge on any atom is 0.408 e. The third-order valence-corrected chi connectivity index (χ3v) is 9.95. The molecule has 12 atom stereocenters. The molecule has 0 saturated carbocycles. The summed E-state index contributed by atoms with van der Waals surface area (Å²) in [5, 5.41) is 3.95. The zero-order chi connectivity index (χ0) is 50.1. The molecule has 0 radical (unpaired) electrons. The van der Waals surface area contributed by atoms with E-state index in [-0.39, 0.29) is 18.8 Å². The summed E-state index contributed by atoms with van der Waals surface area (Å²) < 4.78 is 67.2. The molecule has 372 valence electrons. The Labute approximate surface area is 385 Å². The van der Waals surface area contributed by atoms with Crippen molar-refractivity contribution in [3.8, 4) is 0 Å². The minimum Gasteiger partial charge on any atom is -0.464 e. The highest BCUT2D eigenvalue weighted by atomic mass is 32.2. The van der Waals surface area contributed by atoms with E-state index in [1.807, 2.05) is 0 Å². The molecule has 25 heteroatoms. The van der Waals surface area contributed by atoms with Gasteiger partial charge in [0.2, 0.25) is 5.91 Å². The van der Waals surface area contributed by atoms with Gasteiger partial charge in [-0.2, -0.15) is 0 Å². The van der Waals surface area contributed by atoms with E-state index in [0.717, 1.165) is 60.2 Å². The summed E-state index contributed by atoms with van der Waals surface area (Å²) in [6.45, 7) is 15.9. The van der Waals surface area contributed by atoms with Crippen molar-refractivity contribution < 1.29 is 105 Å². The Bertz CT molecular complexity index is 1770. The van der Waals surface area contributed by atoms with Crippen LogP contribution >= 0.6 is 11.8 Å². The van der Waals surface area contributed by atoms with E-state index in [1.54, 1.807) is 27.7 Å². The molecule has 0 spiro atoms. The van der Waals surface area contributed by atoms with Crippen molar-refractivity contribution in [2.24, 2.45) is 0 Å². The lowest BCUT2D eigenvalue weighted by atomic mass is 9.95. The molecule has 2 amide bonds. The molecule has 0 bridgehead atoms. The Hall–Kier alpha value is -5.53. The first-order valence-electron chi connectivity index (χ1n) is 20.5. The number of hydrogen-bond acceptors (Lipinski definition) is 23. The SMILES string of the molecule is C=CCC(SCC(NC(=O)OC(C)(C)C)C(=O)OCC)C(=O)N[C@@H]1OC(COC(C)=O)[C@@H](O[C@@H]2OC(COC(C)=O)[C@@H](OC(C)=O)[C@H](OC(C)=O)C2OC(C)=O)[C@H](OC(C)=O)C1OC(C)=O. The number of carbonyl (C=O) groups is 10. The number of ether oxygens (including phenoxy) is 12. The fraction of sp³-hybridized carbons (Fsp3) is 0.707. The predicted molar refractivity (Wildman–Crippen MR) is 222 cm³/mol. The van der Waals surface area contributed by atoms with E-state index in [4.69, 9.17) is 56.8 Å². The average molecular weight is 965 g/mol. The number of allylic oxidation sites excluding steroid dienone is 1. The van der Waals surface area contributed by atoms with Crippen molar-refractivity contribution in [1.82, 2.24) is 10.6 Å². The highest BCUT2D eigenvalue weighted by Gasteiger charge is 2.57.